The van der Waals surface area contributed by atoms with Crippen LogP contribution in [0, 0.1) is 10.8 Å². The Morgan fingerprint density at radius 1 is 1.03 bits per heavy atom. The van der Waals surface area contributed by atoms with Gasteiger partial charge in [0, 0.05) is 36.8 Å². The molecular weight excluding hydrogens is 412 g/mol. The van der Waals surface area contributed by atoms with Gasteiger partial charge in [-0.1, -0.05) is 57.2 Å². The first kappa shape index (κ1) is 22.9. The van der Waals surface area contributed by atoms with Crippen LogP contribution in [0.4, 0.5) is 5.69 Å². The van der Waals surface area contributed by atoms with E-state index >= 15 is 0 Å². The van der Waals surface area contributed by atoms with Gasteiger partial charge in [-0.05, 0) is 53.4 Å². The van der Waals surface area contributed by atoms with E-state index in [2.05, 4.69) is 37.8 Å². The second kappa shape index (κ2) is 8.70. The van der Waals surface area contributed by atoms with Crippen LogP contribution >= 0.6 is 0 Å². The van der Waals surface area contributed by atoms with Crippen molar-refractivity contribution in [3.8, 4) is 0 Å². The number of likely N-dealkylation sites (tertiary alicyclic amines) is 1. The standard InChI is InChI=1S/C28H38N2O3/c1-27(2)13-23-14-28(3,17-27)18-30(23)15-24-12-25(20-9-7-19(16-31)8-10-20)33-26(32-24)21-5-4-6-22(29)11-21/h4-11,23-26,31H,12-18,29H2,1-3H3. The number of rotatable bonds is 5. The molecule has 2 aromatic carbocycles. The number of ether oxygens (including phenoxy) is 2. The SMILES string of the molecule is CC1(C)CC2CC(C)(CN2CC2CC(c3ccc(CO)cc3)OC(c3cccc(N)c3)O2)C1. The Balaban J connectivity index is 1.37. The maximum absolute atomic E-state index is 9.42. The predicted molar refractivity (Wildman–Crippen MR) is 130 cm³/mol. The maximum Gasteiger partial charge on any atom is 0.185 e. The Bertz CT molecular complexity index is 975. The highest BCUT2D eigenvalue weighted by atomic mass is 16.7. The van der Waals surface area contributed by atoms with E-state index in [0.29, 0.717) is 22.6 Å². The number of anilines is 1. The number of hydrogen-bond acceptors (Lipinski definition) is 5. The molecule has 3 fully saturated rings. The van der Waals surface area contributed by atoms with E-state index in [0.717, 1.165) is 36.2 Å². The topological polar surface area (TPSA) is 68.0 Å². The largest absolute Gasteiger partial charge is 0.399 e. The minimum atomic E-state index is -0.441. The van der Waals surface area contributed by atoms with Crippen LogP contribution in [-0.4, -0.2) is 35.2 Å². The highest BCUT2D eigenvalue weighted by Gasteiger charge is 2.50. The molecule has 2 aromatic rings. The van der Waals surface area contributed by atoms with E-state index in [1.54, 1.807) is 0 Å². The first-order valence-corrected chi connectivity index (χ1v) is 12.3. The van der Waals surface area contributed by atoms with Crippen molar-refractivity contribution in [2.45, 2.75) is 77.6 Å². The molecule has 2 saturated heterocycles. The third kappa shape index (κ3) is 4.97. The summed E-state index contributed by atoms with van der Waals surface area (Å²) in [7, 11) is 0. The lowest BCUT2D eigenvalue weighted by Crippen LogP contribution is -2.42. The zero-order valence-electron chi connectivity index (χ0n) is 20.2. The van der Waals surface area contributed by atoms with Gasteiger partial charge in [0.25, 0.3) is 0 Å². The Morgan fingerprint density at radius 2 is 1.82 bits per heavy atom. The fraction of sp³-hybridized carbons (Fsp3) is 0.571. The summed E-state index contributed by atoms with van der Waals surface area (Å²) in [6.07, 6.45) is 4.26. The molecule has 5 heteroatoms. The molecule has 1 saturated carbocycles. The Kier molecular flexibility index (Phi) is 6.02. The third-order valence-corrected chi connectivity index (χ3v) is 7.76. The lowest BCUT2D eigenvalue weighted by Gasteiger charge is -2.41. The van der Waals surface area contributed by atoms with E-state index < -0.39 is 6.29 Å². The molecule has 2 aliphatic heterocycles. The quantitative estimate of drug-likeness (QED) is 0.612. The summed E-state index contributed by atoms with van der Waals surface area (Å²) in [5, 5.41) is 9.42. The number of nitrogen functional groups attached to an aromatic ring is 1. The van der Waals surface area contributed by atoms with Crippen LogP contribution < -0.4 is 5.73 Å². The molecule has 2 bridgehead atoms. The van der Waals surface area contributed by atoms with Gasteiger partial charge < -0.3 is 20.3 Å². The zero-order valence-corrected chi connectivity index (χ0v) is 20.2. The summed E-state index contributed by atoms with van der Waals surface area (Å²) < 4.78 is 13.0. The van der Waals surface area contributed by atoms with Crippen molar-refractivity contribution in [3.63, 3.8) is 0 Å². The lowest BCUT2D eigenvalue weighted by atomic mass is 9.65. The average molecular weight is 451 g/mol. The second-order valence-corrected chi connectivity index (χ2v) is 11.7. The van der Waals surface area contributed by atoms with Crippen LogP contribution in [0.5, 0.6) is 0 Å². The van der Waals surface area contributed by atoms with E-state index in [4.69, 9.17) is 15.2 Å². The summed E-state index contributed by atoms with van der Waals surface area (Å²) in [6.45, 7) is 9.45. The van der Waals surface area contributed by atoms with Crippen molar-refractivity contribution < 1.29 is 14.6 Å². The monoisotopic (exact) mass is 450 g/mol. The van der Waals surface area contributed by atoms with Gasteiger partial charge in [0.2, 0.25) is 0 Å². The highest BCUT2D eigenvalue weighted by Crippen LogP contribution is 2.52. The molecule has 0 spiro atoms. The molecule has 5 unspecified atom stereocenters. The fourth-order valence-corrected chi connectivity index (χ4v) is 6.79. The summed E-state index contributed by atoms with van der Waals surface area (Å²) in [6, 6.07) is 16.6. The molecule has 0 amide bonds. The Labute approximate surface area is 197 Å². The summed E-state index contributed by atoms with van der Waals surface area (Å²) in [4.78, 5) is 2.69. The van der Waals surface area contributed by atoms with Crippen molar-refractivity contribution >= 4 is 5.69 Å². The number of aliphatic hydroxyl groups is 1. The zero-order chi connectivity index (χ0) is 23.2. The number of aliphatic hydroxyl groups excluding tert-OH is 1. The van der Waals surface area contributed by atoms with Gasteiger partial charge in [0.05, 0.1) is 18.8 Å². The molecule has 5 rings (SSSR count). The van der Waals surface area contributed by atoms with Gasteiger partial charge in [0.15, 0.2) is 6.29 Å². The van der Waals surface area contributed by atoms with E-state index in [1.165, 1.54) is 19.3 Å². The smallest absolute Gasteiger partial charge is 0.185 e. The molecule has 3 aliphatic rings. The first-order chi connectivity index (χ1) is 15.7. The van der Waals surface area contributed by atoms with Gasteiger partial charge in [0.1, 0.15) is 0 Å². The maximum atomic E-state index is 9.42. The number of benzene rings is 2. The van der Waals surface area contributed by atoms with Gasteiger partial charge in [-0.3, -0.25) is 4.90 Å². The Hall–Kier alpha value is -1.92. The van der Waals surface area contributed by atoms with Crippen LogP contribution in [-0.2, 0) is 16.1 Å². The first-order valence-electron chi connectivity index (χ1n) is 12.3. The summed E-state index contributed by atoms with van der Waals surface area (Å²) in [5.74, 6) is 0. The molecule has 5 atom stereocenters. The van der Waals surface area contributed by atoms with E-state index in [1.807, 2.05) is 36.4 Å². The van der Waals surface area contributed by atoms with Crippen LogP contribution in [0.25, 0.3) is 0 Å². The molecule has 0 aromatic heterocycles. The van der Waals surface area contributed by atoms with E-state index in [9.17, 15) is 5.11 Å². The van der Waals surface area contributed by atoms with Crippen LogP contribution in [0.2, 0.25) is 0 Å². The van der Waals surface area contributed by atoms with Crippen LogP contribution in [0.15, 0.2) is 48.5 Å². The average Bonchev–Trinajstić information content (AvgIpc) is 3.01. The molecule has 2 heterocycles. The molecule has 0 radical (unpaired) electrons. The third-order valence-electron chi connectivity index (χ3n) is 7.76. The van der Waals surface area contributed by atoms with Crippen LogP contribution in [0.1, 0.15) is 75.5 Å². The highest BCUT2D eigenvalue weighted by molar-refractivity contribution is 5.41. The normalized spacial score (nSPS) is 33.8. The molecule has 5 nitrogen and oxygen atoms in total. The minimum absolute atomic E-state index is 0.0505. The number of hydrogen-bond donors (Lipinski definition) is 2. The number of nitrogens with zero attached hydrogens (tertiary/aromatic N) is 1. The lowest BCUT2D eigenvalue weighted by molar-refractivity contribution is -0.253. The van der Waals surface area contributed by atoms with Crippen molar-refractivity contribution in [2.24, 2.45) is 10.8 Å². The van der Waals surface area contributed by atoms with Gasteiger partial charge >= 0.3 is 0 Å². The van der Waals surface area contributed by atoms with Gasteiger partial charge in [-0.25, -0.2) is 0 Å². The number of fused-ring (bicyclic) bond motifs is 2. The van der Waals surface area contributed by atoms with Crippen molar-refractivity contribution in [1.29, 1.82) is 0 Å². The summed E-state index contributed by atoms with van der Waals surface area (Å²) in [5.41, 5.74) is 10.6. The van der Waals surface area contributed by atoms with Crippen molar-refractivity contribution in [1.82, 2.24) is 4.90 Å². The molecular formula is C28H38N2O3. The molecule has 1 aliphatic carbocycles. The van der Waals surface area contributed by atoms with Gasteiger partial charge in [-0.15, -0.1) is 0 Å². The molecule has 3 N–H and O–H groups in total. The van der Waals surface area contributed by atoms with Crippen LogP contribution in [0.3, 0.4) is 0 Å². The van der Waals surface area contributed by atoms with Gasteiger partial charge in [-0.2, -0.15) is 0 Å². The predicted octanol–water partition coefficient (Wildman–Crippen LogP) is 5.21. The van der Waals surface area contributed by atoms with Crippen molar-refractivity contribution in [3.05, 3.63) is 65.2 Å². The Morgan fingerprint density at radius 3 is 2.55 bits per heavy atom. The second-order valence-electron chi connectivity index (χ2n) is 11.7. The van der Waals surface area contributed by atoms with Crippen molar-refractivity contribution in [2.75, 3.05) is 18.8 Å². The summed E-state index contributed by atoms with van der Waals surface area (Å²) >= 11 is 0. The molecule has 33 heavy (non-hydrogen) atoms. The van der Waals surface area contributed by atoms with E-state index in [-0.39, 0.29) is 18.8 Å². The minimum Gasteiger partial charge on any atom is -0.399 e. The molecule has 178 valence electrons. The fourth-order valence-electron chi connectivity index (χ4n) is 6.79. The number of nitrogens with two attached hydrogens (primary N) is 1.